The van der Waals surface area contributed by atoms with Crippen LogP contribution in [0.5, 0.6) is 0 Å². The van der Waals surface area contributed by atoms with Crippen LogP contribution in [0.2, 0.25) is 0 Å². The van der Waals surface area contributed by atoms with E-state index in [4.69, 9.17) is 10.5 Å². The van der Waals surface area contributed by atoms with E-state index in [1.54, 1.807) is 7.11 Å². The molecule has 5 heteroatoms. The summed E-state index contributed by atoms with van der Waals surface area (Å²) in [7, 11) is 1.66. The number of halogens is 1. The van der Waals surface area contributed by atoms with Gasteiger partial charge in [-0.05, 0) is 35.4 Å². The Bertz CT molecular complexity index is 340. The second-order valence-electron chi connectivity index (χ2n) is 3.21. The highest BCUT2D eigenvalue weighted by Gasteiger charge is 2.15. The van der Waals surface area contributed by atoms with E-state index in [2.05, 4.69) is 39.5 Å². The Hall–Kier alpha value is -0.430. The van der Waals surface area contributed by atoms with Gasteiger partial charge in [0, 0.05) is 7.11 Å². The summed E-state index contributed by atoms with van der Waals surface area (Å²) in [5, 5.41) is 0. The molecule has 2 N–H and O–H groups in total. The van der Waals surface area contributed by atoms with Crippen LogP contribution in [0.1, 0.15) is 37.9 Å². The molecule has 0 aliphatic rings. The van der Waals surface area contributed by atoms with Crippen molar-refractivity contribution in [2.75, 3.05) is 12.8 Å². The van der Waals surface area contributed by atoms with Crippen molar-refractivity contribution in [3.05, 3.63) is 15.1 Å². The van der Waals surface area contributed by atoms with Gasteiger partial charge in [0.25, 0.3) is 0 Å². The summed E-state index contributed by atoms with van der Waals surface area (Å²) in [6, 6.07) is 0. The van der Waals surface area contributed by atoms with E-state index in [0.29, 0.717) is 11.6 Å². The van der Waals surface area contributed by atoms with Gasteiger partial charge in [0.1, 0.15) is 11.9 Å². The summed E-state index contributed by atoms with van der Waals surface area (Å²) >= 11 is 2.18. The maximum absolute atomic E-state index is 5.83. The minimum absolute atomic E-state index is 0.0606. The number of aromatic nitrogens is 2. The Labute approximate surface area is 104 Å². The first-order valence-electron chi connectivity index (χ1n) is 4.98. The van der Waals surface area contributed by atoms with Crippen LogP contribution < -0.4 is 5.73 Å². The Morgan fingerprint density at radius 2 is 2.07 bits per heavy atom. The summed E-state index contributed by atoms with van der Waals surface area (Å²) < 4.78 is 6.25. The van der Waals surface area contributed by atoms with E-state index < -0.39 is 0 Å². The van der Waals surface area contributed by atoms with Gasteiger partial charge < -0.3 is 10.5 Å². The molecule has 15 heavy (non-hydrogen) atoms. The number of nitrogens with two attached hydrogens (primary N) is 1. The van der Waals surface area contributed by atoms with Crippen molar-refractivity contribution in [1.29, 1.82) is 0 Å². The average molecular weight is 321 g/mol. The van der Waals surface area contributed by atoms with Gasteiger partial charge >= 0.3 is 0 Å². The molecule has 1 aromatic heterocycles. The maximum Gasteiger partial charge on any atom is 0.159 e. The van der Waals surface area contributed by atoms with E-state index in [1.165, 1.54) is 0 Å². The van der Waals surface area contributed by atoms with Crippen molar-refractivity contribution in [3.8, 4) is 0 Å². The fourth-order valence-electron chi connectivity index (χ4n) is 1.37. The van der Waals surface area contributed by atoms with Gasteiger partial charge in [0.15, 0.2) is 5.82 Å². The summed E-state index contributed by atoms with van der Waals surface area (Å²) in [4.78, 5) is 8.73. The molecule has 1 rings (SSSR count). The third-order valence-corrected chi connectivity index (χ3v) is 3.42. The molecule has 0 saturated carbocycles. The summed E-state index contributed by atoms with van der Waals surface area (Å²) in [5.74, 6) is 1.24. The molecule has 0 radical (unpaired) electrons. The topological polar surface area (TPSA) is 61.0 Å². The third kappa shape index (κ3) is 2.78. The van der Waals surface area contributed by atoms with Crippen molar-refractivity contribution in [2.45, 2.75) is 32.8 Å². The van der Waals surface area contributed by atoms with Crippen molar-refractivity contribution >= 4 is 28.4 Å². The Morgan fingerprint density at radius 3 is 2.53 bits per heavy atom. The molecule has 1 unspecified atom stereocenters. The zero-order valence-corrected chi connectivity index (χ0v) is 11.4. The predicted molar refractivity (Wildman–Crippen MR) is 68.6 cm³/mol. The molecule has 1 heterocycles. The molecule has 0 spiro atoms. The quantitative estimate of drug-likeness (QED) is 0.865. The lowest BCUT2D eigenvalue weighted by atomic mass is 10.2. The third-order valence-electron chi connectivity index (χ3n) is 2.24. The highest BCUT2D eigenvalue weighted by Crippen LogP contribution is 2.22. The minimum Gasteiger partial charge on any atom is -0.383 e. The van der Waals surface area contributed by atoms with Crippen LogP contribution in [0.3, 0.4) is 0 Å². The first-order valence-corrected chi connectivity index (χ1v) is 6.06. The highest BCUT2D eigenvalue weighted by molar-refractivity contribution is 14.1. The van der Waals surface area contributed by atoms with Crippen molar-refractivity contribution in [3.63, 3.8) is 0 Å². The van der Waals surface area contributed by atoms with Crippen LogP contribution in [0, 0.1) is 3.57 Å². The molecule has 0 aliphatic heterocycles. The lowest BCUT2D eigenvalue weighted by molar-refractivity contribution is 0.0925. The number of hydrogen-bond donors (Lipinski definition) is 1. The van der Waals surface area contributed by atoms with E-state index in [-0.39, 0.29) is 6.10 Å². The maximum atomic E-state index is 5.83. The van der Waals surface area contributed by atoms with Crippen LogP contribution in [-0.2, 0) is 11.2 Å². The molecule has 0 aliphatic carbocycles. The molecular formula is C10H16IN3O. The number of hydrogen-bond acceptors (Lipinski definition) is 4. The van der Waals surface area contributed by atoms with Crippen LogP contribution in [0.25, 0.3) is 0 Å². The number of methoxy groups -OCH3 is 1. The second-order valence-corrected chi connectivity index (χ2v) is 4.29. The van der Waals surface area contributed by atoms with E-state index in [1.807, 2.05) is 6.92 Å². The molecular weight excluding hydrogens is 305 g/mol. The van der Waals surface area contributed by atoms with E-state index in [9.17, 15) is 0 Å². The normalized spacial score (nSPS) is 12.8. The lowest BCUT2D eigenvalue weighted by Crippen LogP contribution is -2.11. The van der Waals surface area contributed by atoms with Crippen molar-refractivity contribution in [2.24, 2.45) is 0 Å². The van der Waals surface area contributed by atoms with Gasteiger partial charge in [-0.2, -0.15) is 0 Å². The average Bonchev–Trinajstić information content (AvgIpc) is 2.24. The minimum atomic E-state index is -0.0606. The standard InChI is InChI=1S/C10H16IN3O/c1-4-6-8(11)9(12)14-10(13-6)7(5-2)15-3/h7H,4-5H2,1-3H3,(H2,12,13,14). The highest BCUT2D eigenvalue weighted by atomic mass is 127. The SMILES string of the molecule is CCc1nc(C(CC)OC)nc(N)c1I. The molecule has 0 saturated heterocycles. The lowest BCUT2D eigenvalue weighted by Gasteiger charge is -2.14. The van der Waals surface area contributed by atoms with Crippen LogP contribution >= 0.6 is 22.6 Å². The number of nitrogens with zero attached hydrogens (tertiary/aromatic N) is 2. The molecule has 0 aromatic carbocycles. The van der Waals surface area contributed by atoms with E-state index in [0.717, 1.165) is 22.1 Å². The smallest absolute Gasteiger partial charge is 0.159 e. The Morgan fingerprint density at radius 1 is 1.40 bits per heavy atom. The fourth-order valence-corrected chi connectivity index (χ4v) is 1.99. The van der Waals surface area contributed by atoms with Gasteiger partial charge in [-0.25, -0.2) is 9.97 Å². The summed E-state index contributed by atoms with van der Waals surface area (Å²) in [6.45, 7) is 4.10. The van der Waals surface area contributed by atoms with Gasteiger partial charge in [-0.1, -0.05) is 13.8 Å². The van der Waals surface area contributed by atoms with Crippen LogP contribution in [0.15, 0.2) is 0 Å². The van der Waals surface area contributed by atoms with Crippen LogP contribution in [0.4, 0.5) is 5.82 Å². The molecule has 84 valence electrons. The fraction of sp³-hybridized carbons (Fsp3) is 0.600. The van der Waals surface area contributed by atoms with Crippen LogP contribution in [-0.4, -0.2) is 17.1 Å². The molecule has 1 atom stereocenters. The van der Waals surface area contributed by atoms with Gasteiger partial charge in [0.05, 0.1) is 9.26 Å². The zero-order chi connectivity index (χ0) is 11.4. The van der Waals surface area contributed by atoms with Crippen molar-refractivity contribution in [1.82, 2.24) is 9.97 Å². The van der Waals surface area contributed by atoms with Crippen molar-refractivity contribution < 1.29 is 4.74 Å². The molecule has 4 nitrogen and oxygen atoms in total. The number of rotatable bonds is 4. The zero-order valence-electron chi connectivity index (χ0n) is 9.25. The predicted octanol–water partition coefficient (Wildman–Crippen LogP) is 2.32. The summed E-state index contributed by atoms with van der Waals surface area (Å²) in [6.07, 6.45) is 1.65. The van der Waals surface area contributed by atoms with Gasteiger partial charge in [-0.3, -0.25) is 0 Å². The first kappa shape index (κ1) is 12.6. The number of nitrogen functional groups attached to an aromatic ring is 1. The van der Waals surface area contributed by atoms with E-state index >= 15 is 0 Å². The monoisotopic (exact) mass is 321 g/mol. The number of ether oxygens (including phenoxy) is 1. The largest absolute Gasteiger partial charge is 0.383 e. The molecule has 1 aromatic rings. The Balaban J connectivity index is 3.15. The summed E-state index contributed by atoms with van der Waals surface area (Å²) in [5.41, 5.74) is 6.82. The number of anilines is 1. The molecule has 0 bridgehead atoms. The molecule has 0 amide bonds. The molecule has 0 fully saturated rings. The first-order chi connectivity index (χ1) is 7.13. The van der Waals surface area contributed by atoms with Gasteiger partial charge in [-0.15, -0.1) is 0 Å². The second kappa shape index (κ2) is 5.60. The number of aryl methyl sites for hydroxylation is 1. The Kier molecular flexibility index (Phi) is 4.72. The van der Waals surface area contributed by atoms with Gasteiger partial charge in [0.2, 0.25) is 0 Å².